The van der Waals surface area contributed by atoms with Crippen molar-refractivity contribution in [2.75, 3.05) is 19.0 Å². The Bertz CT molecular complexity index is 1080. The summed E-state index contributed by atoms with van der Waals surface area (Å²) in [7, 11) is 1.66. The molecule has 9 heteroatoms. The summed E-state index contributed by atoms with van der Waals surface area (Å²) in [5.41, 5.74) is 2.59. The van der Waals surface area contributed by atoms with Crippen molar-refractivity contribution in [3.63, 3.8) is 0 Å². The molecule has 5 heterocycles. The predicted octanol–water partition coefficient (Wildman–Crippen LogP) is 3.30. The maximum Gasteiger partial charge on any atom is 0.166 e. The highest BCUT2D eigenvalue weighted by Crippen LogP contribution is 2.42. The number of aromatic amines is 1. The van der Waals surface area contributed by atoms with Crippen LogP contribution in [-0.2, 0) is 0 Å². The highest BCUT2D eigenvalue weighted by Gasteiger charge is 2.41. The molecule has 9 nitrogen and oxygen atoms in total. The summed E-state index contributed by atoms with van der Waals surface area (Å²) < 4.78 is 7.82. The summed E-state index contributed by atoms with van der Waals surface area (Å²) >= 11 is 0. The van der Waals surface area contributed by atoms with Crippen molar-refractivity contribution in [2.45, 2.75) is 57.2 Å². The van der Waals surface area contributed by atoms with E-state index < -0.39 is 0 Å². The number of methoxy groups -OCH3 is 1. The Kier molecular flexibility index (Phi) is 4.79. The van der Waals surface area contributed by atoms with E-state index in [2.05, 4.69) is 36.0 Å². The second kappa shape index (κ2) is 7.61. The molecule has 0 aliphatic carbocycles. The number of aryl methyl sites for hydroxylation is 1. The summed E-state index contributed by atoms with van der Waals surface area (Å²) in [6.45, 7) is 2.84. The number of anilines is 2. The third-order valence-corrected chi connectivity index (χ3v) is 6.41. The Morgan fingerprint density at radius 1 is 1.23 bits per heavy atom. The first kappa shape index (κ1) is 18.9. The molecule has 3 atom stereocenters. The monoisotopic (exact) mass is 406 g/mol. The molecule has 2 bridgehead atoms. The number of nitrogens with one attached hydrogen (secondary N) is 2. The predicted molar refractivity (Wildman–Crippen MR) is 113 cm³/mol. The molecule has 2 saturated heterocycles. The van der Waals surface area contributed by atoms with Gasteiger partial charge < -0.3 is 14.6 Å². The fourth-order valence-electron chi connectivity index (χ4n) is 5.09. The van der Waals surface area contributed by atoms with E-state index in [1.807, 2.05) is 25.4 Å². The van der Waals surface area contributed by atoms with Crippen LogP contribution in [0.5, 0.6) is 5.75 Å². The van der Waals surface area contributed by atoms with Gasteiger partial charge in [0.2, 0.25) is 0 Å². The fraction of sp³-hybridized carbons (Fsp3) is 0.524. The van der Waals surface area contributed by atoms with Gasteiger partial charge in [-0.15, -0.1) is 0 Å². The maximum absolute atomic E-state index is 8.97. The van der Waals surface area contributed by atoms with Crippen molar-refractivity contribution >= 4 is 22.8 Å². The van der Waals surface area contributed by atoms with Crippen molar-refractivity contribution in [2.24, 2.45) is 0 Å². The Morgan fingerprint density at radius 2 is 2.03 bits per heavy atom. The first-order valence-electron chi connectivity index (χ1n) is 10.5. The van der Waals surface area contributed by atoms with E-state index >= 15 is 0 Å². The number of imidazole rings is 1. The number of fused-ring (bicyclic) bond motifs is 3. The number of H-pyrrole nitrogens is 1. The number of hydrogen-bond acceptors (Lipinski definition) is 7. The van der Waals surface area contributed by atoms with Gasteiger partial charge >= 0.3 is 0 Å². The molecule has 0 spiro atoms. The lowest BCUT2D eigenvalue weighted by Gasteiger charge is -2.39. The Labute approximate surface area is 175 Å². The van der Waals surface area contributed by atoms with Crippen LogP contribution >= 0.6 is 0 Å². The number of pyridine rings is 1. The van der Waals surface area contributed by atoms with Gasteiger partial charge in [-0.1, -0.05) is 0 Å². The lowest BCUT2D eigenvalue weighted by molar-refractivity contribution is 0.110. The van der Waals surface area contributed by atoms with Gasteiger partial charge in [-0.2, -0.15) is 10.4 Å². The minimum absolute atomic E-state index is 0.353. The number of piperidine rings is 1. The third kappa shape index (κ3) is 3.27. The van der Waals surface area contributed by atoms with E-state index in [1.54, 1.807) is 7.11 Å². The van der Waals surface area contributed by atoms with Crippen LogP contribution in [0.2, 0.25) is 0 Å². The van der Waals surface area contributed by atoms with E-state index in [9.17, 15) is 0 Å². The van der Waals surface area contributed by atoms with Crippen molar-refractivity contribution < 1.29 is 4.74 Å². The normalized spacial score (nSPS) is 23.6. The molecule has 5 rings (SSSR count). The molecule has 2 aliphatic rings. The van der Waals surface area contributed by atoms with Crippen LogP contribution in [0.25, 0.3) is 11.2 Å². The molecule has 1 unspecified atom stereocenters. The van der Waals surface area contributed by atoms with Gasteiger partial charge in [0.05, 0.1) is 19.5 Å². The van der Waals surface area contributed by atoms with E-state index in [4.69, 9.17) is 15.0 Å². The minimum atomic E-state index is 0.353. The summed E-state index contributed by atoms with van der Waals surface area (Å²) in [6.07, 6.45) is 7.05. The van der Waals surface area contributed by atoms with Crippen LogP contribution in [0.1, 0.15) is 43.8 Å². The number of aromatic nitrogens is 5. The summed E-state index contributed by atoms with van der Waals surface area (Å²) in [6, 6.07) is 7.51. The van der Waals surface area contributed by atoms with Gasteiger partial charge in [0, 0.05) is 48.9 Å². The smallest absolute Gasteiger partial charge is 0.166 e. The second-order valence-corrected chi connectivity index (χ2v) is 8.25. The zero-order valence-electron chi connectivity index (χ0n) is 17.3. The molecule has 0 radical (unpaired) electrons. The molecule has 3 aromatic heterocycles. The van der Waals surface area contributed by atoms with Crippen molar-refractivity contribution in [3.05, 3.63) is 24.2 Å². The zero-order chi connectivity index (χ0) is 20.7. The average Bonchev–Trinajstić information content (AvgIpc) is 3.41. The molecular formula is C21H26N8O. The largest absolute Gasteiger partial charge is 0.494 e. The van der Waals surface area contributed by atoms with E-state index in [0.29, 0.717) is 36.1 Å². The third-order valence-electron chi connectivity index (χ3n) is 6.41. The van der Waals surface area contributed by atoms with Crippen LogP contribution in [0.4, 0.5) is 11.6 Å². The number of nitriles is 1. The van der Waals surface area contributed by atoms with Crippen molar-refractivity contribution in [1.82, 2.24) is 29.6 Å². The molecule has 30 heavy (non-hydrogen) atoms. The lowest BCUT2D eigenvalue weighted by Crippen LogP contribution is -2.43. The first-order valence-corrected chi connectivity index (χ1v) is 10.5. The standard InChI is InChI=1S/C21H26N8O/c1-13-8-19(27-26-13)24-18-11-17(30-2)20-21(25-18)29(12-23-20)16-9-14-4-5-15(10-16)28(14)7-3-6-22/h8,11-12,14-16H,3-5,7,9-10H2,1-2H3,(H2,24,25,26,27)/t14-,15+,16?. The number of nitrogens with zero attached hydrogens (tertiary/aromatic N) is 6. The highest BCUT2D eigenvalue weighted by molar-refractivity contribution is 5.81. The quantitative estimate of drug-likeness (QED) is 0.647. The van der Waals surface area contributed by atoms with Gasteiger partial charge in [-0.05, 0) is 32.6 Å². The van der Waals surface area contributed by atoms with E-state index in [1.165, 1.54) is 12.8 Å². The Morgan fingerprint density at radius 3 is 2.70 bits per heavy atom. The zero-order valence-corrected chi connectivity index (χ0v) is 17.3. The molecule has 3 aromatic rings. The molecule has 156 valence electrons. The Balaban J connectivity index is 1.45. The topological polar surface area (TPSA) is 108 Å². The fourth-order valence-corrected chi connectivity index (χ4v) is 5.09. The van der Waals surface area contributed by atoms with E-state index in [-0.39, 0.29) is 0 Å². The molecular weight excluding hydrogens is 380 g/mol. The van der Waals surface area contributed by atoms with Gasteiger partial charge in [0.15, 0.2) is 17.2 Å². The summed E-state index contributed by atoms with van der Waals surface area (Å²) in [5, 5.41) is 19.4. The number of rotatable bonds is 6. The minimum Gasteiger partial charge on any atom is -0.494 e. The van der Waals surface area contributed by atoms with Crippen LogP contribution in [0, 0.1) is 18.3 Å². The molecule has 2 aliphatic heterocycles. The van der Waals surface area contributed by atoms with Gasteiger partial charge in [0.1, 0.15) is 11.3 Å². The van der Waals surface area contributed by atoms with Crippen LogP contribution in [-0.4, -0.2) is 55.4 Å². The molecule has 2 N–H and O–H groups in total. The number of ether oxygens (including phenoxy) is 1. The van der Waals surface area contributed by atoms with Gasteiger partial charge in [-0.25, -0.2) is 9.97 Å². The summed E-state index contributed by atoms with van der Waals surface area (Å²) in [5.74, 6) is 2.10. The maximum atomic E-state index is 8.97. The van der Waals surface area contributed by atoms with Gasteiger partial charge in [-0.3, -0.25) is 10.00 Å². The Hall–Kier alpha value is -3.12. The van der Waals surface area contributed by atoms with Gasteiger partial charge in [0.25, 0.3) is 0 Å². The van der Waals surface area contributed by atoms with Crippen LogP contribution < -0.4 is 10.1 Å². The second-order valence-electron chi connectivity index (χ2n) is 8.25. The molecule has 0 saturated carbocycles. The number of hydrogen-bond donors (Lipinski definition) is 2. The average molecular weight is 406 g/mol. The summed E-state index contributed by atoms with van der Waals surface area (Å²) in [4.78, 5) is 12.0. The SMILES string of the molecule is COc1cc(Nc2cc(C)[nH]n2)nc2c1ncn2C1C[C@H]2CC[C@@H](C1)N2CCC#N. The lowest BCUT2D eigenvalue weighted by atomic mass is 9.97. The van der Waals surface area contributed by atoms with Crippen molar-refractivity contribution in [1.29, 1.82) is 5.26 Å². The van der Waals surface area contributed by atoms with E-state index in [0.717, 1.165) is 42.1 Å². The highest BCUT2D eigenvalue weighted by atomic mass is 16.5. The van der Waals surface area contributed by atoms with Crippen LogP contribution in [0.15, 0.2) is 18.5 Å². The molecule has 0 amide bonds. The molecule has 2 fully saturated rings. The van der Waals surface area contributed by atoms with Crippen molar-refractivity contribution in [3.8, 4) is 11.8 Å². The first-order chi connectivity index (χ1) is 14.7. The molecule has 0 aromatic carbocycles. The van der Waals surface area contributed by atoms with Crippen LogP contribution in [0.3, 0.4) is 0 Å².